The molecule has 0 saturated carbocycles. The smallest absolute Gasteiger partial charge is 0.222 e. The van der Waals surface area contributed by atoms with Crippen LogP contribution < -0.4 is 0 Å². The van der Waals surface area contributed by atoms with Gasteiger partial charge < -0.3 is 14.5 Å². The molecule has 0 spiro atoms. The van der Waals surface area contributed by atoms with Gasteiger partial charge in [0.2, 0.25) is 5.91 Å². The van der Waals surface area contributed by atoms with Crippen LogP contribution in [0.1, 0.15) is 17.5 Å². The number of methoxy groups -OCH3 is 1. The Morgan fingerprint density at radius 2 is 1.57 bits per heavy atom. The lowest BCUT2D eigenvalue weighted by Gasteiger charge is -2.24. The van der Waals surface area contributed by atoms with E-state index in [4.69, 9.17) is 4.74 Å². The highest BCUT2D eigenvalue weighted by molar-refractivity contribution is 5.76. The summed E-state index contributed by atoms with van der Waals surface area (Å²) in [4.78, 5) is 17.4. The van der Waals surface area contributed by atoms with Crippen molar-refractivity contribution >= 4 is 5.91 Å². The molecule has 1 saturated heterocycles. The van der Waals surface area contributed by atoms with Crippen LogP contribution in [-0.4, -0.2) is 62.1 Å². The monoisotopic (exact) mass is 380 g/mol. The minimum atomic E-state index is 0.259. The molecule has 1 fully saturated rings. The van der Waals surface area contributed by atoms with Crippen molar-refractivity contribution in [2.45, 2.75) is 19.3 Å². The number of ether oxygens (including phenoxy) is 1. The lowest BCUT2D eigenvalue weighted by molar-refractivity contribution is -0.131. The van der Waals surface area contributed by atoms with Crippen molar-refractivity contribution in [2.75, 3.05) is 46.4 Å². The molecule has 1 atom stereocenters. The van der Waals surface area contributed by atoms with E-state index in [1.807, 2.05) is 18.2 Å². The van der Waals surface area contributed by atoms with Crippen molar-refractivity contribution in [1.82, 2.24) is 9.80 Å². The number of nitrogens with zero attached hydrogens (tertiary/aromatic N) is 2. The molecule has 1 amide bonds. The van der Waals surface area contributed by atoms with Gasteiger partial charge >= 0.3 is 0 Å². The second-order valence-electron chi connectivity index (χ2n) is 7.68. The molecule has 4 nitrogen and oxygen atoms in total. The summed E-state index contributed by atoms with van der Waals surface area (Å²) in [7, 11) is 1.75. The van der Waals surface area contributed by atoms with E-state index in [9.17, 15) is 4.79 Å². The highest BCUT2D eigenvalue weighted by Gasteiger charge is 2.25. The largest absolute Gasteiger partial charge is 0.384 e. The first-order valence-corrected chi connectivity index (χ1v) is 10.3. The molecule has 0 N–H and O–H groups in total. The van der Waals surface area contributed by atoms with Gasteiger partial charge in [0.25, 0.3) is 0 Å². The molecule has 28 heavy (non-hydrogen) atoms. The van der Waals surface area contributed by atoms with Crippen LogP contribution in [0.2, 0.25) is 0 Å². The van der Waals surface area contributed by atoms with Gasteiger partial charge in [-0.05, 0) is 24.0 Å². The Morgan fingerprint density at radius 3 is 2.21 bits per heavy atom. The Morgan fingerprint density at radius 1 is 0.929 bits per heavy atom. The van der Waals surface area contributed by atoms with Gasteiger partial charge in [-0.3, -0.25) is 4.79 Å². The number of hydrogen-bond acceptors (Lipinski definition) is 3. The van der Waals surface area contributed by atoms with Crippen LogP contribution in [0.25, 0.3) is 0 Å². The Bertz CT molecular complexity index is 705. The molecule has 2 aromatic rings. The second kappa shape index (κ2) is 11.0. The van der Waals surface area contributed by atoms with Crippen LogP contribution in [0.5, 0.6) is 0 Å². The molecular weight excluding hydrogens is 348 g/mol. The van der Waals surface area contributed by atoms with Gasteiger partial charge in [-0.1, -0.05) is 60.7 Å². The van der Waals surface area contributed by atoms with E-state index in [-0.39, 0.29) is 5.91 Å². The van der Waals surface area contributed by atoms with Crippen molar-refractivity contribution < 1.29 is 9.53 Å². The molecule has 0 radical (unpaired) electrons. The summed E-state index contributed by atoms with van der Waals surface area (Å²) < 4.78 is 5.44. The first-order chi connectivity index (χ1) is 13.7. The average Bonchev–Trinajstić information content (AvgIpc) is 2.95. The quantitative estimate of drug-likeness (QED) is 0.705. The number of benzene rings is 2. The highest BCUT2D eigenvalue weighted by atomic mass is 16.5. The second-order valence-corrected chi connectivity index (χ2v) is 7.68. The molecule has 150 valence electrons. The van der Waals surface area contributed by atoms with Crippen LogP contribution in [0.15, 0.2) is 60.7 Å². The van der Waals surface area contributed by atoms with E-state index in [1.165, 1.54) is 11.1 Å². The highest BCUT2D eigenvalue weighted by Crippen LogP contribution is 2.14. The topological polar surface area (TPSA) is 32.8 Å². The number of carbonyl (C=O) groups excluding carboxylic acids is 1. The predicted molar refractivity (Wildman–Crippen MR) is 113 cm³/mol. The Hall–Kier alpha value is -2.17. The normalized spacial score (nSPS) is 18.0. The minimum Gasteiger partial charge on any atom is -0.384 e. The summed E-state index contributed by atoms with van der Waals surface area (Å²) in [5.41, 5.74) is 2.59. The summed E-state index contributed by atoms with van der Waals surface area (Å²) in [5.74, 6) is 0.624. The average molecular weight is 381 g/mol. The van der Waals surface area contributed by atoms with Crippen LogP contribution in [0.3, 0.4) is 0 Å². The van der Waals surface area contributed by atoms with Crippen molar-refractivity contribution in [3.05, 3.63) is 71.8 Å². The van der Waals surface area contributed by atoms with Crippen LogP contribution in [0.4, 0.5) is 0 Å². The maximum atomic E-state index is 12.8. The van der Waals surface area contributed by atoms with E-state index < -0.39 is 0 Å². The Kier molecular flexibility index (Phi) is 8.07. The van der Waals surface area contributed by atoms with Gasteiger partial charge in [0, 0.05) is 52.2 Å². The summed E-state index contributed by atoms with van der Waals surface area (Å²) >= 11 is 0. The Balaban J connectivity index is 1.54. The van der Waals surface area contributed by atoms with Gasteiger partial charge in [-0.25, -0.2) is 0 Å². The maximum Gasteiger partial charge on any atom is 0.222 e. The van der Waals surface area contributed by atoms with E-state index in [2.05, 4.69) is 52.3 Å². The SMILES string of the molecule is COC[C@@H]1CN(CCc2ccccc2)CCN(C(=O)CCc2ccccc2)C1. The third kappa shape index (κ3) is 6.47. The van der Waals surface area contributed by atoms with E-state index in [0.29, 0.717) is 18.9 Å². The molecule has 0 aliphatic carbocycles. The Labute approximate surface area is 169 Å². The molecule has 1 heterocycles. The number of amides is 1. The third-order valence-electron chi connectivity index (χ3n) is 5.47. The zero-order chi connectivity index (χ0) is 19.6. The van der Waals surface area contributed by atoms with Crippen molar-refractivity contribution in [3.63, 3.8) is 0 Å². The number of carbonyl (C=O) groups is 1. The summed E-state index contributed by atoms with van der Waals surface area (Å²) in [5, 5.41) is 0. The van der Waals surface area contributed by atoms with Crippen LogP contribution in [0, 0.1) is 5.92 Å². The first-order valence-electron chi connectivity index (χ1n) is 10.3. The van der Waals surface area contributed by atoms with Crippen molar-refractivity contribution in [1.29, 1.82) is 0 Å². The van der Waals surface area contributed by atoms with Gasteiger partial charge in [0.05, 0.1) is 6.61 Å². The fourth-order valence-corrected chi connectivity index (χ4v) is 3.94. The minimum absolute atomic E-state index is 0.259. The molecule has 1 aliphatic heterocycles. The van der Waals surface area contributed by atoms with Crippen LogP contribution >= 0.6 is 0 Å². The summed E-state index contributed by atoms with van der Waals surface area (Å²) in [6.45, 7) is 5.25. The third-order valence-corrected chi connectivity index (χ3v) is 5.47. The van der Waals surface area contributed by atoms with E-state index >= 15 is 0 Å². The molecule has 2 aromatic carbocycles. The number of aryl methyl sites for hydroxylation is 1. The lowest BCUT2D eigenvalue weighted by Crippen LogP contribution is -2.37. The fourth-order valence-electron chi connectivity index (χ4n) is 3.94. The first kappa shape index (κ1) is 20.6. The lowest BCUT2D eigenvalue weighted by atomic mass is 10.1. The predicted octanol–water partition coefficient (Wildman–Crippen LogP) is 3.27. The fraction of sp³-hybridized carbons (Fsp3) is 0.458. The van der Waals surface area contributed by atoms with Gasteiger partial charge in [-0.15, -0.1) is 0 Å². The summed E-state index contributed by atoms with van der Waals surface area (Å²) in [6, 6.07) is 20.9. The molecule has 0 aromatic heterocycles. The molecule has 1 aliphatic rings. The van der Waals surface area contributed by atoms with Crippen molar-refractivity contribution in [2.24, 2.45) is 5.92 Å². The van der Waals surface area contributed by atoms with Gasteiger partial charge in [-0.2, -0.15) is 0 Å². The van der Waals surface area contributed by atoms with Gasteiger partial charge in [0.1, 0.15) is 0 Å². The standard InChI is InChI=1S/C24H32N2O2/c1-28-20-23-18-25(15-14-22-10-6-3-7-11-22)16-17-26(19-23)24(27)13-12-21-8-4-2-5-9-21/h2-11,23H,12-20H2,1H3/t23-/m1/s1. The maximum absolute atomic E-state index is 12.8. The van der Waals surface area contributed by atoms with Crippen molar-refractivity contribution in [3.8, 4) is 0 Å². The zero-order valence-corrected chi connectivity index (χ0v) is 16.9. The van der Waals surface area contributed by atoms with E-state index in [0.717, 1.165) is 45.6 Å². The molecule has 4 heteroatoms. The summed E-state index contributed by atoms with van der Waals surface area (Å²) in [6.07, 6.45) is 2.43. The molecule has 0 bridgehead atoms. The zero-order valence-electron chi connectivity index (χ0n) is 16.9. The van der Waals surface area contributed by atoms with Crippen LogP contribution in [-0.2, 0) is 22.4 Å². The number of rotatable bonds is 8. The molecule has 3 rings (SSSR count). The number of hydrogen-bond donors (Lipinski definition) is 0. The van der Waals surface area contributed by atoms with E-state index in [1.54, 1.807) is 7.11 Å². The molecule has 0 unspecified atom stereocenters. The molecular formula is C24H32N2O2. The van der Waals surface area contributed by atoms with Gasteiger partial charge in [0.15, 0.2) is 0 Å².